The lowest BCUT2D eigenvalue weighted by atomic mass is 10.1. The van der Waals surface area contributed by atoms with Gasteiger partial charge in [-0.3, -0.25) is 10.2 Å². The van der Waals surface area contributed by atoms with Crippen LogP contribution in [0.25, 0.3) is 11.8 Å². The maximum Gasteiger partial charge on any atom is 0.283 e. The first-order valence-electron chi connectivity index (χ1n) is 11.3. The van der Waals surface area contributed by atoms with Gasteiger partial charge in [-0.1, -0.05) is 23.8 Å². The van der Waals surface area contributed by atoms with Gasteiger partial charge in [0.15, 0.2) is 5.84 Å². The summed E-state index contributed by atoms with van der Waals surface area (Å²) in [4.78, 5) is 17.2. The molecular formula is C27H25N5O3S. The number of nitrogens with zero attached hydrogens (tertiary/aromatic N) is 4. The van der Waals surface area contributed by atoms with Crippen molar-refractivity contribution in [2.24, 2.45) is 10.1 Å². The molecule has 3 aromatic rings. The molecule has 2 aliphatic rings. The van der Waals surface area contributed by atoms with Crippen molar-refractivity contribution in [3.8, 4) is 17.2 Å². The average molecular weight is 500 g/mol. The van der Waals surface area contributed by atoms with Crippen LogP contribution in [0.2, 0.25) is 0 Å². The Hall–Kier alpha value is -4.11. The Balaban J connectivity index is 1.53. The van der Waals surface area contributed by atoms with Gasteiger partial charge >= 0.3 is 0 Å². The van der Waals surface area contributed by atoms with E-state index in [-0.39, 0.29) is 11.4 Å². The number of hydrogen-bond donors (Lipinski definition) is 1. The molecule has 1 aromatic heterocycles. The van der Waals surface area contributed by atoms with E-state index in [4.69, 9.17) is 14.9 Å². The van der Waals surface area contributed by atoms with Crippen molar-refractivity contribution >= 4 is 39.8 Å². The minimum Gasteiger partial charge on any atom is -0.497 e. The van der Waals surface area contributed by atoms with Crippen molar-refractivity contribution in [1.82, 2.24) is 9.58 Å². The number of benzene rings is 2. The van der Waals surface area contributed by atoms with Crippen molar-refractivity contribution in [2.75, 3.05) is 14.2 Å². The third-order valence-corrected chi connectivity index (χ3v) is 7.07. The molecule has 0 saturated heterocycles. The Morgan fingerprint density at radius 3 is 2.56 bits per heavy atom. The van der Waals surface area contributed by atoms with Crippen molar-refractivity contribution < 1.29 is 14.3 Å². The van der Waals surface area contributed by atoms with E-state index in [0.717, 1.165) is 33.8 Å². The van der Waals surface area contributed by atoms with Crippen molar-refractivity contribution in [2.45, 2.75) is 20.8 Å². The molecule has 8 nitrogen and oxygen atoms in total. The topological polar surface area (TPSA) is 92.3 Å². The predicted octanol–water partition coefficient (Wildman–Crippen LogP) is 5.09. The number of aromatic nitrogens is 1. The van der Waals surface area contributed by atoms with E-state index < -0.39 is 5.91 Å². The molecule has 0 bridgehead atoms. The SMILES string of the molecule is COc1ccc(OC)c(-n2c(C)cc(/C=C3\C(=N)N4N=C(c5cccc(C)c5)SC4=NC3=O)c2C)c1. The zero-order valence-electron chi connectivity index (χ0n) is 20.6. The van der Waals surface area contributed by atoms with Crippen LogP contribution in [0, 0.1) is 26.2 Å². The van der Waals surface area contributed by atoms with Gasteiger partial charge in [0, 0.05) is 23.0 Å². The number of amides is 1. The molecule has 0 unspecified atom stereocenters. The summed E-state index contributed by atoms with van der Waals surface area (Å²) in [6, 6.07) is 15.5. The standard InChI is InChI=1S/C27H25N5O3S/c1-15-7-6-8-18(11-15)26-30-32-24(28)21(25(33)29-27(32)36-26)13-19-12-16(2)31(17(19)3)22-14-20(34-4)9-10-23(22)35-5/h6-14,28H,1-5H3/b21-13+,28-24?. The Morgan fingerprint density at radius 1 is 1.03 bits per heavy atom. The number of fused-ring (bicyclic) bond motifs is 1. The number of carbonyl (C=O) groups is 1. The maximum absolute atomic E-state index is 13.0. The van der Waals surface area contributed by atoms with Gasteiger partial charge in [-0.2, -0.15) is 15.1 Å². The zero-order chi connectivity index (χ0) is 25.6. The second-order valence-electron chi connectivity index (χ2n) is 8.49. The largest absolute Gasteiger partial charge is 0.497 e. The summed E-state index contributed by atoms with van der Waals surface area (Å²) < 4.78 is 13.0. The molecule has 1 amide bonds. The Kier molecular flexibility index (Phi) is 6.01. The fourth-order valence-corrected chi connectivity index (χ4v) is 5.21. The number of aliphatic imine (C=N–C) groups is 1. The van der Waals surface area contributed by atoms with E-state index in [2.05, 4.69) is 10.1 Å². The molecular weight excluding hydrogens is 474 g/mol. The Labute approximate surface area is 213 Å². The third-order valence-electron chi connectivity index (χ3n) is 6.12. The van der Waals surface area contributed by atoms with Gasteiger partial charge in [0.05, 0.1) is 25.5 Å². The van der Waals surface area contributed by atoms with Gasteiger partial charge in [-0.15, -0.1) is 0 Å². The number of rotatable bonds is 5. The van der Waals surface area contributed by atoms with Gasteiger partial charge in [0.1, 0.15) is 16.5 Å². The number of amidine groups is 2. The second kappa shape index (κ2) is 9.16. The van der Waals surface area contributed by atoms with Crippen LogP contribution in [0.15, 0.2) is 64.2 Å². The lowest BCUT2D eigenvalue weighted by Gasteiger charge is -2.20. The van der Waals surface area contributed by atoms with Gasteiger partial charge < -0.3 is 14.0 Å². The Morgan fingerprint density at radius 2 is 1.83 bits per heavy atom. The van der Waals surface area contributed by atoms with Gasteiger partial charge in [-0.25, -0.2) is 0 Å². The first-order valence-corrected chi connectivity index (χ1v) is 12.1. The number of methoxy groups -OCH3 is 2. The van der Waals surface area contributed by atoms with Gasteiger partial charge in [0.25, 0.3) is 5.91 Å². The normalized spacial score (nSPS) is 16.2. The molecule has 5 rings (SSSR count). The van der Waals surface area contributed by atoms with Crippen LogP contribution in [0.1, 0.15) is 28.1 Å². The minimum absolute atomic E-state index is 0.00363. The molecule has 0 spiro atoms. The van der Waals surface area contributed by atoms with Crippen molar-refractivity contribution in [1.29, 1.82) is 5.41 Å². The lowest BCUT2D eigenvalue weighted by Crippen LogP contribution is -2.35. The first kappa shape index (κ1) is 23.6. The summed E-state index contributed by atoms with van der Waals surface area (Å²) in [5.41, 5.74) is 5.69. The molecule has 2 aromatic carbocycles. The highest BCUT2D eigenvalue weighted by molar-refractivity contribution is 8.27. The first-order chi connectivity index (χ1) is 17.3. The fourth-order valence-electron chi connectivity index (χ4n) is 4.32. The van der Waals surface area contributed by atoms with Crippen LogP contribution in [0.4, 0.5) is 0 Å². The average Bonchev–Trinajstić information content (AvgIpc) is 3.41. The smallest absolute Gasteiger partial charge is 0.283 e. The summed E-state index contributed by atoms with van der Waals surface area (Å²) >= 11 is 1.29. The zero-order valence-corrected chi connectivity index (χ0v) is 21.4. The molecule has 0 fully saturated rings. The van der Waals surface area contributed by atoms with E-state index in [1.54, 1.807) is 20.3 Å². The molecule has 2 aliphatic heterocycles. The van der Waals surface area contributed by atoms with Crippen LogP contribution in [0.3, 0.4) is 0 Å². The quantitative estimate of drug-likeness (QED) is 0.494. The highest BCUT2D eigenvalue weighted by Crippen LogP contribution is 2.34. The second-order valence-corrected chi connectivity index (χ2v) is 9.45. The number of carbonyl (C=O) groups excluding carboxylic acids is 1. The maximum atomic E-state index is 13.0. The number of nitrogens with one attached hydrogen (secondary N) is 1. The molecule has 0 radical (unpaired) electrons. The number of thioether (sulfide) groups is 1. The van der Waals surface area contributed by atoms with Gasteiger partial charge in [-0.05, 0) is 68.4 Å². The fraction of sp³-hybridized carbons (Fsp3) is 0.185. The van der Waals surface area contributed by atoms with E-state index in [9.17, 15) is 4.79 Å². The van der Waals surface area contributed by atoms with Crippen LogP contribution in [0.5, 0.6) is 11.5 Å². The van der Waals surface area contributed by atoms with E-state index in [1.165, 1.54) is 16.8 Å². The molecule has 0 saturated carbocycles. The molecule has 36 heavy (non-hydrogen) atoms. The number of aryl methyl sites for hydroxylation is 2. The third kappa shape index (κ3) is 4.01. The van der Waals surface area contributed by atoms with Crippen LogP contribution < -0.4 is 9.47 Å². The van der Waals surface area contributed by atoms with Crippen molar-refractivity contribution in [3.63, 3.8) is 0 Å². The highest BCUT2D eigenvalue weighted by Gasteiger charge is 2.36. The number of hydrogen-bond acceptors (Lipinski definition) is 6. The minimum atomic E-state index is -0.455. The molecule has 0 atom stereocenters. The molecule has 3 heterocycles. The number of hydrazone groups is 1. The number of ether oxygens (including phenoxy) is 2. The summed E-state index contributed by atoms with van der Waals surface area (Å²) in [5, 5.41) is 15.9. The molecule has 9 heteroatoms. The molecule has 1 N–H and O–H groups in total. The van der Waals surface area contributed by atoms with E-state index in [1.807, 2.05) is 73.9 Å². The molecule has 0 aliphatic carbocycles. The van der Waals surface area contributed by atoms with Crippen molar-refractivity contribution in [3.05, 3.63) is 82.2 Å². The monoisotopic (exact) mass is 499 g/mol. The summed E-state index contributed by atoms with van der Waals surface area (Å²) in [5.74, 6) is 0.949. The lowest BCUT2D eigenvalue weighted by molar-refractivity contribution is -0.114. The molecule has 182 valence electrons. The highest BCUT2D eigenvalue weighted by atomic mass is 32.2. The van der Waals surface area contributed by atoms with Crippen LogP contribution in [-0.4, -0.2) is 45.7 Å². The Bertz CT molecular complexity index is 1520. The summed E-state index contributed by atoms with van der Waals surface area (Å²) in [6.07, 6.45) is 1.71. The predicted molar refractivity (Wildman–Crippen MR) is 144 cm³/mol. The summed E-state index contributed by atoms with van der Waals surface area (Å²) in [7, 11) is 3.24. The van der Waals surface area contributed by atoms with Crippen LogP contribution in [-0.2, 0) is 4.79 Å². The van der Waals surface area contributed by atoms with Crippen LogP contribution >= 0.6 is 11.8 Å². The van der Waals surface area contributed by atoms with Gasteiger partial charge in [0.2, 0.25) is 5.17 Å². The van der Waals surface area contributed by atoms with E-state index in [0.29, 0.717) is 21.7 Å². The van der Waals surface area contributed by atoms with E-state index >= 15 is 0 Å². The summed E-state index contributed by atoms with van der Waals surface area (Å²) in [6.45, 7) is 5.95.